The van der Waals surface area contributed by atoms with Crippen molar-refractivity contribution >= 4 is 0 Å². The third-order valence-corrected chi connectivity index (χ3v) is 2.07. The lowest BCUT2D eigenvalue weighted by molar-refractivity contribution is 0.0518. The summed E-state index contributed by atoms with van der Waals surface area (Å²) in [5.41, 5.74) is 0. The molecule has 1 unspecified atom stereocenters. The maximum atomic E-state index is 5.60. The second-order valence-corrected chi connectivity index (χ2v) is 4.19. The molecule has 0 aliphatic heterocycles. The van der Waals surface area contributed by atoms with Gasteiger partial charge in [-0.25, -0.2) is 0 Å². The van der Waals surface area contributed by atoms with Crippen molar-refractivity contribution in [2.45, 2.75) is 53.2 Å². The maximum Gasteiger partial charge on any atom is 0.0625 e. The zero-order chi connectivity index (χ0) is 10.3. The van der Waals surface area contributed by atoms with E-state index in [4.69, 9.17) is 4.74 Å². The quantitative estimate of drug-likeness (QED) is 0.661. The van der Waals surface area contributed by atoms with Gasteiger partial charge in [-0.1, -0.05) is 20.8 Å². The predicted octanol–water partition coefficient (Wildman–Crippen LogP) is 2.44. The van der Waals surface area contributed by atoms with E-state index in [1.807, 2.05) is 0 Å². The molecule has 0 saturated carbocycles. The summed E-state index contributed by atoms with van der Waals surface area (Å²) in [6.07, 6.45) is 1.52. The molecule has 0 aliphatic carbocycles. The van der Waals surface area contributed by atoms with E-state index >= 15 is 0 Å². The van der Waals surface area contributed by atoms with Gasteiger partial charge >= 0.3 is 0 Å². The minimum atomic E-state index is 0.338. The molecule has 0 amide bonds. The van der Waals surface area contributed by atoms with Crippen molar-refractivity contribution < 1.29 is 4.74 Å². The second kappa shape index (κ2) is 7.34. The highest BCUT2D eigenvalue weighted by atomic mass is 16.5. The van der Waals surface area contributed by atoms with Crippen LogP contribution in [0.5, 0.6) is 0 Å². The van der Waals surface area contributed by atoms with Crippen LogP contribution in [0.25, 0.3) is 0 Å². The summed E-state index contributed by atoms with van der Waals surface area (Å²) in [6.45, 7) is 12.7. The van der Waals surface area contributed by atoms with E-state index in [9.17, 15) is 0 Å². The Kier molecular flexibility index (Phi) is 7.29. The van der Waals surface area contributed by atoms with Crippen LogP contribution >= 0.6 is 0 Å². The van der Waals surface area contributed by atoms with E-state index in [-0.39, 0.29) is 0 Å². The Labute approximate surface area is 83.1 Å². The second-order valence-electron chi connectivity index (χ2n) is 4.19. The monoisotopic (exact) mass is 187 g/mol. The van der Waals surface area contributed by atoms with Gasteiger partial charge in [0.1, 0.15) is 0 Å². The molecule has 2 nitrogen and oxygen atoms in total. The molecule has 0 aliphatic rings. The SMILES string of the molecule is CCCNC(COC(C)C)C(C)C. The van der Waals surface area contributed by atoms with Crippen LogP contribution in [-0.2, 0) is 4.74 Å². The molecule has 0 heterocycles. The van der Waals surface area contributed by atoms with Gasteiger partial charge in [0.05, 0.1) is 12.7 Å². The standard InChI is InChI=1S/C11H25NO/c1-6-7-12-11(9(2)3)8-13-10(4)5/h9-12H,6-8H2,1-5H3. The molecular formula is C11H25NO. The summed E-state index contributed by atoms with van der Waals surface area (Å²) in [5, 5.41) is 3.50. The minimum Gasteiger partial charge on any atom is -0.377 e. The van der Waals surface area contributed by atoms with E-state index in [0.717, 1.165) is 13.2 Å². The Morgan fingerprint density at radius 2 is 1.77 bits per heavy atom. The molecule has 2 heteroatoms. The maximum absolute atomic E-state index is 5.60. The van der Waals surface area contributed by atoms with Crippen LogP contribution in [0.2, 0.25) is 0 Å². The van der Waals surface area contributed by atoms with Crippen LogP contribution in [0.15, 0.2) is 0 Å². The summed E-state index contributed by atoms with van der Waals surface area (Å²) in [6, 6.07) is 0.502. The Morgan fingerprint density at radius 3 is 2.15 bits per heavy atom. The predicted molar refractivity (Wildman–Crippen MR) is 58.0 cm³/mol. The number of nitrogens with one attached hydrogen (secondary N) is 1. The zero-order valence-electron chi connectivity index (χ0n) is 9.76. The lowest BCUT2D eigenvalue weighted by atomic mass is 10.1. The van der Waals surface area contributed by atoms with Crippen LogP contribution in [-0.4, -0.2) is 25.3 Å². The largest absolute Gasteiger partial charge is 0.377 e. The number of ether oxygens (including phenoxy) is 1. The lowest BCUT2D eigenvalue weighted by Gasteiger charge is -2.23. The molecule has 0 radical (unpaired) electrons. The molecule has 1 atom stereocenters. The summed E-state index contributed by atoms with van der Waals surface area (Å²) < 4.78 is 5.60. The Balaban J connectivity index is 3.67. The van der Waals surface area contributed by atoms with Crippen molar-refractivity contribution in [3.8, 4) is 0 Å². The van der Waals surface area contributed by atoms with Gasteiger partial charge in [-0.15, -0.1) is 0 Å². The minimum absolute atomic E-state index is 0.338. The number of rotatable bonds is 7. The normalized spacial score (nSPS) is 14.1. The van der Waals surface area contributed by atoms with Crippen LogP contribution in [0, 0.1) is 5.92 Å². The zero-order valence-corrected chi connectivity index (χ0v) is 9.76. The van der Waals surface area contributed by atoms with E-state index in [2.05, 4.69) is 39.9 Å². The Bertz CT molecular complexity index is 113. The fourth-order valence-corrected chi connectivity index (χ4v) is 1.11. The molecule has 0 rings (SSSR count). The number of hydrogen-bond acceptors (Lipinski definition) is 2. The molecule has 0 aromatic heterocycles. The van der Waals surface area contributed by atoms with Crippen molar-refractivity contribution in [3.05, 3.63) is 0 Å². The van der Waals surface area contributed by atoms with E-state index in [0.29, 0.717) is 18.1 Å². The van der Waals surface area contributed by atoms with Crippen molar-refractivity contribution in [3.63, 3.8) is 0 Å². The van der Waals surface area contributed by atoms with Gasteiger partial charge in [0.15, 0.2) is 0 Å². The molecule has 0 aromatic carbocycles. The first-order chi connectivity index (χ1) is 6.07. The molecular weight excluding hydrogens is 162 g/mol. The fraction of sp³-hybridized carbons (Fsp3) is 1.00. The van der Waals surface area contributed by atoms with Crippen molar-refractivity contribution in [1.29, 1.82) is 0 Å². The molecule has 0 aromatic rings. The fourth-order valence-electron chi connectivity index (χ4n) is 1.11. The summed E-state index contributed by atoms with van der Waals surface area (Å²) in [5.74, 6) is 0.644. The van der Waals surface area contributed by atoms with Crippen LogP contribution < -0.4 is 5.32 Å². The first-order valence-corrected chi connectivity index (χ1v) is 5.42. The average molecular weight is 187 g/mol. The van der Waals surface area contributed by atoms with Crippen LogP contribution in [0.1, 0.15) is 41.0 Å². The van der Waals surface area contributed by atoms with Gasteiger partial charge < -0.3 is 10.1 Å². The van der Waals surface area contributed by atoms with E-state index in [1.54, 1.807) is 0 Å². The van der Waals surface area contributed by atoms with Gasteiger partial charge in [-0.05, 0) is 32.7 Å². The highest BCUT2D eigenvalue weighted by Crippen LogP contribution is 2.03. The van der Waals surface area contributed by atoms with Gasteiger partial charge in [-0.2, -0.15) is 0 Å². The van der Waals surface area contributed by atoms with Crippen LogP contribution in [0.4, 0.5) is 0 Å². The molecule has 0 fully saturated rings. The molecule has 0 saturated heterocycles. The molecule has 0 bridgehead atoms. The van der Waals surface area contributed by atoms with Crippen molar-refractivity contribution in [2.24, 2.45) is 5.92 Å². The average Bonchev–Trinajstić information content (AvgIpc) is 2.03. The van der Waals surface area contributed by atoms with Gasteiger partial charge in [0.25, 0.3) is 0 Å². The molecule has 13 heavy (non-hydrogen) atoms. The topological polar surface area (TPSA) is 21.3 Å². The Morgan fingerprint density at radius 1 is 1.15 bits per heavy atom. The lowest BCUT2D eigenvalue weighted by Crippen LogP contribution is -2.39. The van der Waals surface area contributed by atoms with E-state index < -0.39 is 0 Å². The van der Waals surface area contributed by atoms with Gasteiger partial charge in [0, 0.05) is 6.04 Å². The smallest absolute Gasteiger partial charge is 0.0625 e. The summed E-state index contributed by atoms with van der Waals surface area (Å²) in [4.78, 5) is 0. The first kappa shape index (κ1) is 12.9. The Hall–Kier alpha value is -0.0800. The molecule has 1 N–H and O–H groups in total. The van der Waals surface area contributed by atoms with Crippen molar-refractivity contribution in [1.82, 2.24) is 5.32 Å². The van der Waals surface area contributed by atoms with Gasteiger partial charge in [-0.3, -0.25) is 0 Å². The summed E-state index contributed by atoms with van der Waals surface area (Å²) >= 11 is 0. The highest BCUT2D eigenvalue weighted by Gasteiger charge is 2.12. The van der Waals surface area contributed by atoms with Crippen LogP contribution in [0.3, 0.4) is 0 Å². The molecule has 80 valence electrons. The van der Waals surface area contributed by atoms with Crippen molar-refractivity contribution in [2.75, 3.05) is 13.2 Å². The number of hydrogen-bond donors (Lipinski definition) is 1. The summed E-state index contributed by atoms with van der Waals surface area (Å²) in [7, 11) is 0. The highest BCUT2D eigenvalue weighted by molar-refractivity contribution is 4.69. The van der Waals surface area contributed by atoms with E-state index in [1.165, 1.54) is 6.42 Å². The third kappa shape index (κ3) is 7.03. The third-order valence-electron chi connectivity index (χ3n) is 2.07. The van der Waals surface area contributed by atoms with Gasteiger partial charge in [0.2, 0.25) is 0 Å². The molecule has 0 spiro atoms. The first-order valence-electron chi connectivity index (χ1n) is 5.42.